The molecule has 2 nitrogen and oxygen atoms in total. The molecule has 1 N–H and O–H groups in total. The summed E-state index contributed by atoms with van der Waals surface area (Å²) in [7, 11) is 0. The summed E-state index contributed by atoms with van der Waals surface area (Å²) >= 11 is 3.43. The molecule has 2 saturated carbocycles. The van der Waals surface area contributed by atoms with E-state index in [1.807, 2.05) is 0 Å². The minimum atomic E-state index is 0.145. The van der Waals surface area contributed by atoms with E-state index in [-0.39, 0.29) is 11.4 Å². The Morgan fingerprint density at radius 2 is 2.17 bits per heavy atom. The van der Waals surface area contributed by atoms with Crippen molar-refractivity contribution in [1.82, 2.24) is 5.32 Å². The van der Waals surface area contributed by atoms with Crippen LogP contribution in [0.4, 0.5) is 0 Å². The molecule has 0 radical (unpaired) electrons. The first-order valence-corrected chi connectivity index (χ1v) is 5.73. The van der Waals surface area contributed by atoms with Crippen LogP contribution in [-0.2, 0) is 4.79 Å². The molecule has 0 bridgehead atoms. The lowest BCUT2D eigenvalue weighted by molar-refractivity contribution is -0.122. The van der Waals surface area contributed by atoms with Crippen molar-refractivity contribution in [2.45, 2.75) is 37.6 Å². The van der Waals surface area contributed by atoms with E-state index >= 15 is 0 Å². The molecule has 0 atom stereocenters. The van der Waals surface area contributed by atoms with E-state index in [2.05, 4.69) is 21.2 Å². The average molecular weight is 232 g/mol. The minimum Gasteiger partial charge on any atom is -0.350 e. The summed E-state index contributed by atoms with van der Waals surface area (Å²) in [6, 6.07) is 0. The summed E-state index contributed by atoms with van der Waals surface area (Å²) in [5.74, 6) is 0.963. The van der Waals surface area contributed by atoms with Crippen LogP contribution in [0.3, 0.4) is 0 Å². The number of halogens is 1. The van der Waals surface area contributed by atoms with Crippen molar-refractivity contribution >= 4 is 21.8 Å². The number of hydrogen-bond donors (Lipinski definition) is 1. The van der Waals surface area contributed by atoms with Gasteiger partial charge < -0.3 is 5.32 Å². The van der Waals surface area contributed by atoms with Crippen LogP contribution in [-0.4, -0.2) is 16.8 Å². The van der Waals surface area contributed by atoms with Gasteiger partial charge in [0.25, 0.3) is 0 Å². The molecule has 0 saturated heterocycles. The van der Waals surface area contributed by atoms with Gasteiger partial charge in [0, 0.05) is 17.3 Å². The van der Waals surface area contributed by atoms with Gasteiger partial charge >= 0.3 is 0 Å². The normalized spacial score (nSPS) is 25.1. The second-order valence-corrected chi connectivity index (χ2v) is 4.67. The molecule has 0 spiro atoms. The van der Waals surface area contributed by atoms with Gasteiger partial charge in [0.1, 0.15) is 0 Å². The molecule has 12 heavy (non-hydrogen) atoms. The number of carbonyl (C=O) groups is 1. The molecule has 0 heterocycles. The maximum atomic E-state index is 11.4. The van der Waals surface area contributed by atoms with E-state index in [4.69, 9.17) is 0 Å². The fourth-order valence-electron chi connectivity index (χ4n) is 1.37. The smallest absolute Gasteiger partial charge is 0.220 e. The lowest BCUT2D eigenvalue weighted by Gasteiger charge is -2.13. The third-order valence-electron chi connectivity index (χ3n) is 2.68. The number of nitrogens with one attached hydrogen (secondary N) is 1. The van der Waals surface area contributed by atoms with E-state index in [9.17, 15) is 4.79 Å². The SMILES string of the molecule is O=C(CC1CC1)NC1(CBr)CC1. The highest BCUT2D eigenvalue weighted by Crippen LogP contribution is 2.38. The van der Waals surface area contributed by atoms with Crippen LogP contribution in [0.5, 0.6) is 0 Å². The molecular formula is C9H14BrNO. The van der Waals surface area contributed by atoms with E-state index in [1.165, 1.54) is 12.8 Å². The van der Waals surface area contributed by atoms with Crippen molar-refractivity contribution in [1.29, 1.82) is 0 Å². The summed E-state index contributed by atoms with van der Waals surface area (Å²) in [6.45, 7) is 0. The van der Waals surface area contributed by atoms with Gasteiger partial charge in [-0.3, -0.25) is 4.79 Å². The second-order valence-electron chi connectivity index (χ2n) is 4.11. The third-order valence-corrected chi connectivity index (χ3v) is 3.76. The number of hydrogen-bond acceptors (Lipinski definition) is 1. The Morgan fingerprint density at radius 1 is 1.50 bits per heavy atom. The number of amides is 1. The predicted molar refractivity (Wildman–Crippen MR) is 51.2 cm³/mol. The highest BCUT2D eigenvalue weighted by Gasteiger charge is 2.43. The van der Waals surface area contributed by atoms with Gasteiger partial charge in [-0.2, -0.15) is 0 Å². The summed E-state index contributed by atoms with van der Waals surface area (Å²) in [6.07, 6.45) is 5.57. The topological polar surface area (TPSA) is 29.1 Å². The minimum absolute atomic E-state index is 0.145. The van der Waals surface area contributed by atoms with Crippen molar-refractivity contribution in [2.75, 3.05) is 5.33 Å². The van der Waals surface area contributed by atoms with Crippen molar-refractivity contribution < 1.29 is 4.79 Å². The van der Waals surface area contributed by atoms with Crippen LogP contribution >= 0.6 is 15.9 Å². The zero-order chi connectivity index (χ0) is 8.60. The third kappa shape index (κ3) is 2.00. The number of rotatable bonds is 4. The fourth-order valence-corrected chi connectivity index (χ4v) is 2.07. The van der Waals surface area contributed by atoms with Crippen LogP contribution in [0.15, 0.2) is 0 Å². The Morgan fingerprint density at radius 3 is 2.58 bits per heavy atom. The Labute approximate surface area is 81.2 Å². The molecule has 2 aliphatic rings. The van der Waals surface area contributed by atoms with Gasteiger partial charge in [-0.15, -0.1) is 0 Å². The fraction of sp³-hybridized carbons (Fsp3) is 0.889. The summed E-state index contributed by atoms with van der Waals surface area (Å²) < 4.78 is 0. The Bertz CT molecular complexity index is 197. The Balaban J connectivity index is 1.74. The van der Waals surface area contributed by atoms with Gasteiger partial charge in [-0.05, 0) is 31.6 Å². The van der Waals surface area contributed by atoms with E-state index in [1.54, 1.807) is 0 Å². The lowest BCUT2D eigenvalue weighted by Crippen LogP contribution is -2.38. The van der Waals surface area contributed by atoms with E-state index in [0.29, 0.717) is 5.92 Å². The quantitative estimate of drug-likeness (QED) is 0.736. The largest absolute Gasteiger partial charge is 0.350 e. The van der Waals surface area contributed by atoms with Gasteiger partial charge in [0.05, 0.1) is 0 Å². The average Bonchev–Trinajstić information content (AvgIpc) is 2.86. The highest BCUT2D eigenvalue weighted by atomic mass is 79.9. The van der Waals surface area contributed by atoms with Crippen LogP contribution in [0.1, 0.15) is 32.1 Å². The molecule has 68 valence electrons. The maximum absolute atomic E-state index is 11.4. The molecule has 0 aromatic rings. The molecular weight excluding hydrogens is 218 g/mol. The van der Waals surface area contributed by atoms with Crippen molar-refractivity contribution in [2.24, 2.45) is 5.92 Å². The molecule has 0 aromatic heterocycles. The standard InChI is InChI=1S/C9H14BrNO/c10-6-9(3-4-9)11-8(12)5-7-1-2-7/h7H,1-6H2,(H,11,12). The highest BCUT2D eigenvalue weighted by molar-refractivity contribution is 9.09. The van der Waals surface area contributed by atoms with E-state index in [0.717, 1.165) is 24.6 Å². The summed E-state index contributed by atoms with van der Waals surface area (Å²) in [5, 5.41) is 4.02. The van der Waals surface area contributed by atoms with Crippen molar-refractivity contribution in [3.05, 3.63) is 0 Å². The van der Waals surface area contributed by atoms with Gasteiger partial charge in [-0.1, -0.05) is 15.9 Å². The number of carbonyl (C=O) groups excluding carboxylic acids is 1. The molecule has 2 aliphatic carbocycles. The Kier molecular flexibility index (Phi) is 2.15. The molecule has 0 unspecified atom stereocenters. The first kappa shape index (κ1) is 8.54. The van der Waals surface area contributed by atoms with Crippen LogP contribution < -0.4 is 5.32 Å². The molecule has 0 aromatic carbocycles. The Hall–Kier alpha value is -0.0500. The predicted octanol–water partition coefficient (Wildman–Crippen LogP) is 1.83. The van der Waals surface area contributed by atoms with Crippen LogP contribution in [0, 0.1) is 5.92 Å². The van der Waals surface area contributed by atoms with Crippen LogP contribution in [0.2, 0.25) is 0 Å². The molecule has 0 aliphatic heterocycles. The maximum Gasteiger partial charge on any atom is 0.220 e. The second kappa shape index (κ2) is 3.02. The molecule has 3 heteroatoms. The first-order valence-electron chi connectivity index (χ1n) is 4.61. The van der Waals surface area contributed by atoms with Crippen molar-refractivity contribution in [3.8, 4) is 0 Å². The summed E-state index contributed by atoms with van der Waals surface area (Å²) in [4.78, 5) is 11.4. The van der Waals surface area contributed by atoms with Crippen molar-refractivity contribution in [3.63, 3.8) is 0 Å². The van der Waals surface area contributed by atoms with Gasteiger partial charge in [-0.25, -0.2) is 0 Å². The van der Waals surface area contributed by atoms with Crippen LogP contribution in [0.25, 0.3) is 0 Å². The molecule has 1 amide bonds. The summed E-state index contributed by atoms with van der Waals surface area (Å²) in [5.41, 5.74) is 0.145. The molecule has 2 fully saturated rings. The molecule has 2 rings (SSSR count). The zero-order valence-corrected chi connectivity index (χ0v) is 8.69. The van der Waals surface area contributed by atoms with Gasteiger partial charge in [0.2, 0.25) is 5.91 Å². The zero-order valence-electron chi connectivity index (χ0n) is 7.11. The van der Waals surface area contributed by atoms with Gasteiger partial charge in [0.15, 0.2) is 0 Å². The number of alkyl halides is 1. The lowest BCUT2D eigenvalue weighted by atomic mass is 10.2. The first-order chi connectivity index (χ1) is 5.74. The van der Waals surface area contributed by atoms with E-state index < -0.39 is 0 Å². The monoisotopic (exact) mass is 231 g/mol.